The van der Waals surface area contributed by atoms with Crippen molar-refractivity contribution < 1.29 is 9.59 Å². The Hall–Kier alpha value is -1.06. The molecule has 0 aromatic rings. The fraction of sp³-hybridized carbons (Fsp3) is 0.882. The maximum absolute atomic E-state index is 12.8. The number of amides is 2. The summed E-state index contributed by atoms with van der Waals surface area (Å²) in [5.74, 6) is 0.680. The van der Waals surface area contributed by atoms with Gasteiger partial charge in [0.2, 0.25) is 11.8 Å². The molecule has 4 heteroatoms. The highest BCUT2D eigenvalue weighted by molar-refractivity contribution is 6.08. The van der Waals surface area contributed by atoms with Crippen LogP contribution in [0.4, 0.5) is 0 Å². The van der Waals surface area contributed by atoms with Crippen molar-refractivity contribution in [2.75, 3.05) is 13.1 Å². The summed E-state index contributed by atoms with van der Waals surface area (Å²) in [5, 5.41) is 3.17. The van der Waals surface area contributed by atoms with Gasteiger partial charge in [-0.1, -0.05) is 26.2 Å². The van der Waals surface area contributed by atoms with Crippen molar-refractivity contribution in [1.29, 1.82) is 0 Å². The summed E-state index contributed by atoms with van der Waals surface area (Å²) in [7, 11) is 0. The first-order valence-corrected chi connectivity index (χ1v) is 8.72. The second kappa shape index (κ2) is 5.98. The lowest BCUT2D eigenvalue weighted by molar-refractivity contribution is -0.145. The van der Waals surface area contributed by atoms with E-state index in [1.165, 1.54) is 25.7 Å². The molecule has 1 heterocycles. The van der Waals surface area contributed by atoms with Gasteiger partial charge in [-0.2, -0.15) is 0 Å². The lowest BCUT2D eigenvalue weighted by Gasteiger charge is -2.34. The van der Waals surface area contributed by atoms with E-state index < -0.39 is 5.41 Å². The van der Waals surface area contributed by atoms with Gasteiger partial charge >= 0.3 is 0 Å². The first-order valence-electron chi connectivity index (χ1n) is 8.72. The first-order chi connectivity index (χ1) is 10.1. The number of carbonyl (C=O) groups excluding carboxylic acids is 2. The smallest absolute Gasteiger partial charge is 0.238 e. The van der Waals surface area contributed by atoms with E-state index in [-0.39, 0.29) is 11.8 Å². The van der Waals surface area contributed by atoms with Gasteiger partial charge in [-0.25, -0.2) is 0 Å². The van der Waals surface area contributed by atoms with Crippen LogP contribution in [0.3, 0.4) is 0 Å². The summed E-state index contributed by atoms with van der Waals surface area (Å²) >= 11 is 0. The molecule has 21 heavy (non-hydrogen) atoms. The molecule has 0 spiro atoms. The van der Waals surface area contributed by atoms with Crippen LogP contribution in [-0.4, -0.2) is 35.8 Å². The number of hydrogen-bond donors (Lipinski definition) is 1. The molecule has 3 rings (SSSR count). The number of carbonyl (C=O) groups is 2. The van der Waals surface area contributed by atoms with Gasteiger partial charge in [-0.15, -0.1) is 0 Å². The number of rotatable bonds is 3. The van der Waals surface area contributed by atoms with E-state index in [9.17, 15) is 9.59 Å². The zero-order chi connectivity index (χ0) is 14.9. The lowest BCUT2D eigenvalue weighted by Crippen LogP contribution is -2.50. The zero-order valence-electron chi connectivity index (χ0n) is 13.2. The molecule has 4 nitrogen and oxygen atoms in total. The minimum absolute atomic E-state index is 0.0117. The summed E-state index contributed by atoms with van der Waals surface area (Å²) in [6.45, 7) is 3.86. The van der Waals surface area contributed by atoms with E-state index in [1.807, 2.05) is 4.90 Å². The molecule has 3 fully saturated rings. The third kappa shape index (κ3) is 3.09. The fourth-order valence-corrected chi connectivity index (χ4v) is 3.91. The van der Waals surface area contributed by atoms with Crippen molar-refractivity contribution in [2.45, 2.75) is 70.8 Å². The molecule has 2 aliphatic carbocycles. The van der Waals surface area contributed by atoms with Gasteiger partial charge in [0.1, 0.15) is 5.41 Å². The van der Waals surface area contributed by atoms with E-state index in [4.69, 9.17) is 0 Å². The highest BCUT2D eigenvalue weighted by Gasteiger charge is 2.58. The molecule has 0 bridgehead atoms. The van der Waals surface area contributed by atoms with E-state index in [1.54, 1.807) is 0 Å². The highest BCUT2D eigenvalue weighted by atomic mass is 16.2. The molecule has 1 aliphatic heterocycles. The normalized spacial score (nSPS) is 29.0. The van der Waals surface area contributed by atoms with Crippen LogP contribution < -0.4 is 5.32 Å². The molecule has 1 unspecified atom stereocenters. The quantitative estimate of drug-likeness (QED) is 0.812. The fourth-order valence-electron chi connectivity index (χ4n) is 3.91. The van der Waals surface area contributed by atoms with Gasteiger partial charge in [0, 0.05) is 19.1 Å². The highest BCUT2D eigenvalue weighted by Crippen LogP contribution is 2.48. The topological polar surface area (TPSA) is 49.4 Å². The van der Waals surface area contributed by atoms with Crippen molar-refractivity contribution in [3.8, 4) is 0 Å². The molecule has 0 aromatic heterocycles. The second-order valence-corrected chi connectivity index (χ2v) is 7.39. The molecule has 3 aliphatic rings. The first kappa shape index (κ1) is 14.9. The summed E-state index contributed by atoms with van der Waals surface area (Å²) in [6.07, 6.45) is 9.61. The minimum atomic E-state index is -0.700. The van der Waals surface area contributed by atoms with Gasteiger partial charge in [0.15, 0.2) is 0 Å². The average molecular weight is 292 g/mol. The molecule has 1 saturated heterocycles. The van der Waals surface area contributed by atoms with Crippen LogP contribution in [0.15, 0.2) is 0 Å². The van der Waals surface area contributed by atoms with Crippen LogP contribution in [-0.2, 0) is 9.59 Å². The van der Waals surface area contributed by atoms with E-state index in [2.05, 4.69) is 12.2 Å². The van der Waals surface area contributed by atoms with E-state index in [0.29, 0.717) is 12.0 Å². The molecule has 0 radical (unpaired) electrons. The van der Waals surface area contributed by atoms with Crippen LogP contribution >= 0.6 is 0 Å². The Morgan fingerprint density at radius 3 is 2.38 bits per heavy atom. The van der Waals surface area contributed by atoms with Gasteiger partial charge in [-0.3, -0.25) is 9.59 Å². The van der Waals surface area contributed by atoms with Gasteiger partial charge in [0.25, 0.3) is 0 Å². The number of nitrogens with zero attached hydrogens (tertiary/aromatic N) is 1. The summed E-state index contributed by atoms with van der Waals surface area (Å²) in [5.41, 5.74) is -0.700. The minimum Gasteiger partial charge on any atom is -0.352 e. The Bertz CT molecular complexity index is 411. The summed E-state index contributed by atoms with van der Waals surface area (Å²) in [4.78, 5) is 27.3. The number of hydrogen-bond acceptors (Lipinski definition) is 2. The molecular weight excluding hydrogens is 264 g/mol. The zero-order valence-corrected chi connectivity index (χ0v) is 13.2. The van der Waals surface area contributed by atoms with Crippen molar-refractivity contribution in [2.24, 2.45) is 11.3 Å². The summed E-state index contributed by atoms with van der Waals surface area (Å²) in [6, 6.07) is 0.303. The number of nitrogens with one attached hydrogen (secondary N) is 1. The Kier molecular flexibility index (Phi) is 4.23. The van der Waals surface area contributed by atoms with E-state index >= 15 is 0 Å². The molecule has 1 atom stereocenters. The monoisotopic (exact) mass is 292 g/mol. The third-order valence-electron chi connectivity index (χ3n) is 5.48. The maximum atomic E-state index is 12.8. The third-order valence-corrected chi connectivity index (χ3v) is 5.48. The van der Waals surface area contributed by atoms with Crippen molar-refractivity contribution >= 4 is 11.8 Å². The number of piperidine rings is 1. The van der Waals surface area contributed by atoms with Crippen molar-refractivity contribution in [3.63, 3.8) is 0 Å². The standard InChI is InChI=1S/C17H28N2O2/c1-13-6-5-11-19(12-13)16(21)17(9-10-17)15(20)18-14-7-3-2-4-8-14/h13-14H,2-12H2,1H3,(H,18,20). The molecule has 1 N–H and O–H groups in total. The predicted molar refractivity (Wildman–Crippen MR) is 81.7 cm³/mol. The molecule has 2 saturated carbocycles. The molecule has 2 amide bonds. The van der Waals surface area contributed by atoms with Crippen molar-refractivity contribution in [1.82, 2.24) is 10.2 Å². The van der Waals surface area contributed by atoms with Gasteiger partial charge < -0.3 is 10.2 Å². The van der Waals surface area contributed by atoms with Crippen LogP contribution in [0, 0.1) is 11.3 Å². The van der Waals surface area contributed by atoms with Crippen LogP contribution in [0.1, 0.15) is 64.7 Å². The van der Waals surface area contributed by atoms with Crippen LogP contribution in [0.25, 0.3) is 0 Å². The summed E-state index contributed by atoms with van der Waals surface area (Å²) < 4.78 is 0. The average Bonchev–Trinajstić information content (AvgIpc) is 3.29. The Balaban J connectivity index is 1.60. The Morgan fingerprint density at radius 1 is 1.05 bits per heavy atom. The second-order valence-electron chi connectivity index (χ2n) is 7.39. The maximum Gasteiger partial charge on any atom is 0.238 e. The molecule has 118 valence electrons. The lowest BCUT2D eigenvalue weighted by atomic mass is 9.93. The van der Waals surface area contributed by atoms with Gasteiger partial charge in [0.05, 0.1) is 0 Å². The SMILES string of the molecule is CC1CCCN(C(=O)C2(C(=O)NC3CCCCC3)CC2)C1. The van der Waals surface area contributed by atoms with Crippen LogP contribution in [0.2, 0.25) is 0 Å². The predicted octanol–water partition coefficient (Wildman–Crippen LogP) is 2.47. The Labute approximate surface area is 127 Å². The van der Waals surface area contributed by atoms with Crippen LogP contribution in [0.5, 0.6) is 0 Å². The molecule has 0 aromatic carbocycles. The largest absolute Gasteiger partial charge is 0.352 e. The van der Waals surface area contributed by atoms with E-state index in [0.717, 1.165) is 45.2 Å². The molecular formula is C17H28N2O2. The Morgan fingerprint density at radius 2 is 1.76 bits per heavy atom. The number of likely N-dealkylation sites (tertiary alicyclic amines) is 1. The van der Waals surface area contributed by atoms with Gasteiger partial charge in [-0.05, 0) is 44.4 Å². The van der Waals surface area contributed by atoms with Crippen molar-refractivity contribution in [3.05, 3.63) is 0 Å².